The third kappa shape index (κ3) is 3.66. The zero-order valence-corrected chi connectivity index (χ0v) is 18.2. The van der Waals surface area contributed by atoms with Gasteiger partial charge in [0, 0.05) is 27.6 Å². The number of fused-ring (bicyclic) bond motifs is 1. The highest BCUT2D eigenvalue weighted by Gasteiger charge is 2.36. The number of hydrogen-bond donors (Lipinski definition) is 1. The number of hydrogen-bond acceptors (Lipinski definition) is 4. The van der Waals surface area contributed by atoms with E-state index in [1.54, 1.807) is 18.2 Å². The second kappa shape index (κ2) is 7.75. The van der Waals surface area contributed by atoms with E-state index in [0.29, 0.717) is 15.8 Å². The SMILES string of the molecule is N=C1/C(=C/c2cccn2-c2ccc(Br)cc2)C(=O)N=C2SC(c3ccc(F)cc3)=NN12. The van der Waals surface area contributed by atoms with Crippen LogP contribution in [0, 0.1) is 11.2 Å². The van der Waals surface area contributed by atoms with E-state index in [0.717, 1.165) is 15.9 Å². The summed E-state index contributed by atoms with van der Waals surface area (Å²) in [5, 5.41) is 15.2. The number of carbonyl (C=O) groups is 1. The van der Waals surface area contributed by atoms with Gasteiger partial charge in [-0.2, -0.15) is 15.1 Å². The van der Waals surface area contributed by atoms with Crippen molar-refractivity contribution in [3.63, 3.8) is 0 Å². The number of thioether (sulfide) groups is 1. The van der Waals surface area contributed by atoms with E-state index in [1.165, 1.54) is 28.9 Å². The molecule has 9 heteroatoms. The highest BCUT2D eigenvalue weighted by Crippen LogP contribution is 2.31. The second-order valence-electron chi connectivity index (χ2n) is 6.71. The van der Waals surface area contributed by atoms with Gasteiger partial charge < -0.3 is 4.57 Å². The van der Waals surface area contributed by atoms with Gasteiger partial charge in [0.25, 0.3) is 5.91 Å². The van der Waals surface area contributed by atoms with Gasteiger partial charge in [-0.05, 0) is 78.5 Å². The number of amides is 1. The van der Waals surface area contributed by atoms with Crippen molar-refractivity contribution < 1.29 is 9.18 Å². The quantitative estimate of drug-likeness (QED) is 0.519. The average molecular weight is 494 g/mol. The fraction of sp³-hybridized carbons (Fsp3) is 0. The molecule has 152 valence electrons. The molecule has 31 heavy (non-hydrogen) atoms. The Balaban J connectivity index is 1.49. The number of hydrazone groups is 1. The zero-order chi connectivity index (χ0) is 21.5. The molecule has 3 aromatic rings. The van der Waals surface area contributed by atoms with Gasteiger partial charge in [0.15, 0.2) is 5.84 Å². The van der Waals surface area contributed by atoms with Gasteiger partial charge in [-0.3, -0.25) is 10.2 Å². The summed E-state index contributed by atoms with van der Waals surface area (Å²) in [5.41, 5.74) is 2.50. The van der Waals surface area contributed by atoms with Crippen molar-refractivity contribution in [2.45, 2.75) is 0 Å². The van der Waals surface area contributed by atoms with Gasteiger partial charge in [-0.1, -0.05) is 15.9 Å². The molecule has 0 unspecified atom stereocenters. The number of aromatic nitrogens is 1. The summed E-state index contributed by atoms with van der Waals surface area (Å²) in [6.07, 6.45) is 3.53. The molecule has 0 radical (unpaired) electrons. The highest BCUT2D eigenvalue weighted by atomic mass is 79.9. The van der Waals surface area contributed by atoms with Gasteiger partial charge in [-0.25, -0.2) is 4.39 Å². The summed E-state index contributed by atoms with van der Waals surface area (Å²) in [5.74, 6) is -0.893. The Hall–Kier alpha value is -3.30. The van der Waals surface area contributed by atoms with E-state index in [1.807, 2.05) is 47.2 Å². The van der Waals surface area contributed by atoms with Crippen LogP contribution in [0.5, 0.6) is 0 Å². The third-order valence-electron chi connectivity index (χ3n) is 4.72. The summed E-state index contributed by atoms with van der Waals surface area (Å²) in [6, 6.07) is 17.4. The van der Waals surface area contributed by atoms with Crippen LogP contribution >= 0.6 is 27.7 Å². The number of rotatable bonds is 3. The first-order chi connectivity index (χ1) is 15.0. The number of halogens is 2. The van der Waals surface area contributed by atoms with Gasteiger partial charge in [0.05, 0.1) is 5.57 Å². The largest absolute Gasteiger partial charge is 0.317 e. The molecule has 2 aliphatic heterocycles. The van der Waals surface area contributed by atoms with E-state index in [2.05, 4.69) is 26.0 Å². The molecule has 2 aliphatic rings. The number of aliphatic imine (C=N–C) groups is 1. The molecule has 0 saturated carbocycles. The maximum absolute atomic E-state index is 13.2. The standard InChI is InChI=1S/C22H13BrFN5OS/c23-14-5-9-16(10-6-14)28-11-1-2-17(28)12-18-19(25)29-22(26-20(18)30)31-21(27-29)13-3-7-15(24)8-4-13/h1-12,25H/b18-12-,25-19?. The Kier molecular flexibility index (Phi) is 4.91. The number of carbonyl (C=O) groups excluding carboxylic acids is 1. The van der Waals surface area contributed by atoms with Crippen LogP contribution in [-0.4, -0.2) is 31.5 Å². The predicted octanol–water partition coefficient (Wildman–Crippen LogP) is 5.05. The molecule has 0 bridgehead atoms. The molecule has 1 aromatic heterocycles. The summed E-state index contributed by atoms with van der Waals surface area (Å²) in [4.78, 5) is 16.8. The molecule has 1 amide bonds. The molecular formula is C22H13BrFN5OS. The lowest BCUT2D eigenvalue weighted by Crippen LogP contribution is -2.35. The lowest BCUT2D eigenvalue weighted by Gasteiger charge is -2.20. The van der Waals surface area contributed by atoms with Crippen molar-refractivity contribution in [3.8, 4) is 5.69 Å². The predicted molar refractivity (Wildman–Crippen MR) is 124 cm³/mol. The van der Waals surface area contributed by atoms with E-state index >= 15 is 0 Å². The van der Waals surface area contributed by atoms with Crippen molar-refractivity contribution in [2.24, 2.45) is 10.1 Å². The molecule has 0 aliphatic carbocycles. The zero-order valence-electron chi connectivity index (χ0n) is 15.8. The minimum absolute atomic E-state index is 0.0526. The summed E-state index contributed by atoms with van der Waals surface area (Å²) >= 11 is 4.60. The topological polar surface area (TPSA) is 73.8 Å². The van der Waals surface area contributed by atoms with Gasteiger partial charge in [0.2, 0.25) is 5.17 Å². The van der Waals surface area contributed by atoms with E-state index in [9.17, 15) is 9.18 Å². The summed E-state index contributed by atoms with van der Waals surface area (Å²) < 4.78 is 16.1. The molecular weight excluding hydrogens is 481 g/mol. The number of amidine groups is 2. The monoisotopic (exact) mass is 493 g/mol. The molecule has 1 N–H and O–H groups in total. The summed E-state index contributed by atoms with van der Waals surface area (Å²) in [6.45, 7) is 0. The molecule has 0 spiro atoms. The lowest BCUT2D eigenvalue weighted by atomic mass is 10.1. The molecule has 5 rings (SSSR count). The lowest BCUT2D eigenvalue weighted by molar-refractivity contribution is -0.114. The average Bonchev–Trinajstić information content (AvgIpc) is 3.39. The van der Waals surface area contributed by atoms with Crippen molar-refractivity contribution in [1.29, 1.82) is 5.41 Å². The molecule has 0 fully saturated rings. The molecule has 2 aromatic carbocycles. The van der Waals surface area contributed by atoms with E-state index in [-0.39, 0.29) is 17.2 Å². The minimum atomic E-state index is -0.497. The van der Waals surface area contributed by atoms with Gasteiger partial charge in [0.1, 0.15) is 10.9 Å². The number of benzene rings is 2. The number of nitrogens with zero attached hydrogens (tertiary/aromatic N) is 4. The van der Waals surface area contributed by atoms with E-state index < -0.39 is 5.91 Å². The Morgan fingerprint density at radius 2 is 1.81 bits per heavy atom. The minimum Gasteiger partial charge on any atom is -0.317 e. The van der Waals surface area contributed by atoms with Crippen LogP contribution in [0.1, 0.15) is 11.3 Å². The van der Waals surface area contributed by atoms with Crippen molar-refractivity contribution in [1.82, 2.24) is 9.58 Å². The first kappa shape index (κ1) is 19.7. The first-order valence-electron chi connectivity index (χ1n) is 9.19. The van der Waals surface area contributed by atoms with Crippen molar-refractivity contribution >= 4 is 55.7 Å². The highest BCUT2D eigenvalue weighted by molar-refractivity contribution is 9.10. The van der Waals surface area contributed by atoms with Crippen LogP contribution in [0.3, 0.4) is 0 Å². The van der Waals surface area contributed by atoms with Gasteiger partial charge in [-0.15, -0.1) is 0 Å². The Bertz CT molecular complexity index is 1310. The third-order valence-corrected chi connectivity index (χ3v) is 6.21. The van der Waals surface area contributed by atoms with Crippen LogP contribution in [0.4, 0.5) is 4.39 Å². The number of nitrogens with one attached hydrogen (secondary N) is 1. The van der Waals surface area contributed by atoms with Crippen LogP contribution < -0.4 is 0 Å². The fourth-order valence-electron chi connectivity index (χ4n) is 3.20. The Labute approximate surface area is 189 Å². The second-order valence-corrected chi connectivity index (χ2v) is 8.58. The van der Waals surface area contributed by atoms with E-state index in [4.69, 9.17) is 5.41 Å². The normalized spacial score (nSPS) is 17.1. The maximum Gasteiger partial charge on any atom is 0.283 e. The van der Waals surface area contributed by atoms with Crippen molar-refractivity contribution in [3.05, 3.63) is 94.0 Å². The van der Waals surface area contributed by atoms with Crippen LogP contribution in [0.2, 0.25) is 0 Å². The van der Waals surface area contributed by atoms with Crippen LogP contribution in [-0.2, 0) is 4.79 Å². The Morgan fingerprint density at radius 3 is 2.55 bits per heavy atom. The molecule has 0 saturated heterocycles. The fourth-order valence-corrected chi connectivity index (χ4v) is 4.36. The van der Waals surface area contributed by atoms with Crippen molar-refractivity contribution in [2.75, 3.05) is 0 Å². The van der Waals surface area contributed by atoms with Crippen LogP contribution in [0.25, 0.3) is 11.8 Å². The Morgan fingerprint density at radius 1 is 1.06 bits per heavy atom. The molecule has 6 nitrogen and oxygen atoms in total. The summed E-state index contributed by atoms with van der Waals surface area (Å²) in [7, 11) is 0. The first-order valence-corrected chi connectivity index (χ1v) is 10.8. The molecule has 3 heterocycles. The van der Waals surface area contributed by atoms with Gasteiger partial charge >= 0.3 is 0 Å². The maximum atomic E-state index is 13.2. The smallest absolute Gasteiger partial charge is 0.283 e. The van der Waals surface area contributed by atoms with Crippen LogP contribution in [0.15, 0.2) is 87.0 Å². The molecule has 0 atom stereocenters.